The molecular formula is C22H25NO7. The highest BCUT2D eigenvalue weighted by Crippen LogP contribution is 2.28. The minimum Gasteiger partial charge on any atom is -0.493 e. The van der Waals surface area contributed by atoms with E-state index in [1.807, 2.05) is 6.07 Å². The van der Waals surface area contributed by atoms with Gasteiger partial charge >= 0.3 is 11.9 Å². The van der Waals surface area contributed by atoms with E-state index >= 15 is 0 Å². The summed E-state index contributed by atoms with van der Waals surface area (Å²) in [4.78, 5) is 36.0. The van der Waals surface area contributed by atoms with Gasteiger partial charge < -0.3 is 24.3 Å². The van der Waals surface area contributed by atoms with Crippen molar-refractivity contribution in [3.8, 4) is 11.5 Å². The number of nitrogens with one attached hydrogen (secondary N) is 1. The van der Waals surface area contributed by atoms with Gasteiger partial charge in [0.1, 0.15) is 0 Å². The topological polar surface area (TPSA) is 100 Å². The summed E-state index contributed by atoms with van der Waals surface area (Å²) in [6, 6.07) is 11.8. The van der Waals surface area contributed by atoms with E-state index in [-0.39, 0.29) is 18.6 Å². The van der Waals surface area contributed by atoms with Crippen molar-refractivity contribution >= 4 is 23.5 Å². The molecule has 30 heavy (non-hydrogen) atoms. The lowest BCUT2D eigenvalue weighted by Gasteiger charge is -2.11. The summed E-state index contributed by atoms with van der Waals surface area (Å²) < 4.78 is 20.4. The van der Waals surface area contributed by atoms with E-state index in [9.17, 15) is 14.4 Å². The zero-order valence-corrected chi connectivity index (χ0v) is 17.2. The first kappa shape index (κ1) is 22.7. The van der Waals surface area contributed by atoms with Crippen molar-refractivity contribution in [2.24, 2.45) is 0 Å². The summed E-state index contributed by atoms with van der Waals surface area (Å²) >= 11 is 0. The Morgan fingerprint density at radius 1 is 0.933 bits per heavy atom. The van der Waals surface area contributed by atoms with Crippen LogP contribution in [-0.4, -0.2) is 45.3 Å². The summed E-state index contributed by atoms with van der Waals surface area (Å²) in [7, 11) is 3.08. The van der Waals surface area contributed by atoms with Gasteiger partial charge in [-0.2, -0.15) is 0 Å². The molecule has 0 aliphatic rings. The number of benzene rings is 2. The molecule has 0 aliphatic heterocycles. The number of hydrogen-bond donors (Lipinski definition) is 1. The third-order valence-electron chi connectivity index (χ3n) is 4.13. The second-order valence-electron chi connectivity index (χ2n) is 6.16. The summed E-state index contributed by atoms with van der Waals surface area (Å²) in [5.74, 6) is -0.434. The molecule has 0 spiro atoms. The number of methoxy groups -OCH3 is 2. The van der Waals surface area contributed by atoms with Gasteiger partial charge in [0.05, 0.1) is 32.1 Å². The summed E-state index contributed by atoms with van der Waals surface area (Å²) in [6.07, 6.45) is 0.522. The number of para-hydroxylation sites is 1. The SMILES string of the molecule is CCOC(=O)c1ccccc1NC(=O)COC(=O)CCc1ccc(OC)c(OC)c1. The number of aryl methyl sites for hydroxylation is 1. The third-order valence-corrected chi connectivity index (χ3v) is 4.13. The van der Waals surface area contributed by atoms with Crippen LogP contribution in [0.25, 0.3) is 0 Å². The van der Waals surface area contributed by atoms with E-state index in [0.717, 1.165) is 5.56 Å². The first-order chi connectivity index (χ1) is 14.5. The molecule has 0 aromatic heterocycles. The fraction of sp³-hybridized carbons (Fsp3) is 0.318. The normalized spacial score (nSPS) is 10.1. The van der Waals surface area contributed by atoms with E-state index in [4.69, 9.17) is 18.9 Å². The van der Waals surface area contributed by atoms with Gasteiger partial charge in [0.2, 0.25) is 0 Å². The molecule has 0 heterocycles. The van der Waals surface area contributed by atoms with Crippen LogP contribution in [0.15, 0.2) is 42.5 Å². The summed E-state index contributed by atoms with van der Waals surface area (Å²) in [5, 5.41) is 2.56. The van der Waals surface area contributed by atoms with E-state index < -0.39 is 24.5 Å². The van der Waals surface area contributed by atoms with Crippen LogP contribution in [0.5, 0.6) is 11.5 Å². The average Bonchev–Trinajstić information content (AvgIpc) is 2.76. The minimum absolute atomic E-state index is 0.0994. The zero-order chi connectivity index (χ0) is 21.9. The molecule has 1 N–H and O–H groups in total. The Morgan fingerprint density at radius 3 is 2.37 bits per heavy atom. The fourth-order valence-corrected chi connectivity index (χ4v) is 2.67. The standard InChI is InChI=1S/C22H25NO7/c1-4-29-22(26)16-7-5-6-8-17(16)23-20(24)14-30-21(25)12-10-15-9-11-18(27-2)19(13-15)28-3/h5-9,11,13H,4,10,12,14H2,1-3H3,(H,23,24). The number of esters is 2. The van der Waals surface area contributed by atoms with Gasteiger partial charge in [-0.25, -0.2) is 4.79 Å². The van der Waals surface area contributed by atoms with Crippen molar-refractivity contribution in [2.75, 3.05) is 32.8 Å². The Balaban J connectivity index is 1.84. The van der Waals surface area contributed by atoms with Crippen LogP contribution >= 0.6 is 0 Å². The lowest BCUT2D eigenvalue weighted by Crippen LogP contribution is -2.22. The molecule has 0 bridgehead atoms. The molecule has 0 saturated heterocycles. The smallest absolute Gasteiger partial charge is 0.340 e. The van der Waals surface area contributed by atoms with Gasteiger partial charge in [-0.1, -0.05) is 18.2 Å². The van der Waals surface area contributed by atoms with Gasteiger partial charge in [-0.05, 0) is 43.2 Å². The molecule has 2 rings (SSSR count). The molecule has 0 saturated carbocycles. The molecule has 0 radical (unpaired) electrons. The predicted octanol–water partition coefficient (Wildman–Crippen LogP) is 3.00. The van der Waals surface area contributed by atoms with Crippen molar-refractivity contribution in [3.05, 3.63) is 53.6 Å². The quantitative estimate of drug-likeness (QED) is 0.596. The van der Waals surface area contributed by atoms with Crippen molar-refractivity contribution in [1.82, 2.24) is 0 Å². The number of rotatable bonds is 10. The molecule has 0 unspecified atom stereocenters. The number of anilines is 1. The number of carbonyl (C=O) groups excluding carboxylic acids is 3. The lowest BCUT2D eigenvalue weighted by atomic mass is 10.1. The molecule has 2 aromatic rings. The zero-order valence-electron chi connectivity index (χ0n) is 17.2. The molecule has 0 aliphatic carbocycles. The molecule has 0 atom stereocenters. The third kappa shape index (κ3) is 6.51. The van der Waals surface area contributed by atoms with Crippen LogP contribution in [0.1, 0.15) is 29.3 Å². The second kappa shape index (κ2) is 11.5. The first-order valence-corrected chi connectivity index (χ1v) is 9.41. The summed E-state index contributed by atoms with van der Waals surface area (Å²) in [6.45, 7) is 1.46. The number of carbonyl (C=O) groups is 3. The minimum atomic E-state index is -0.550. The monoisotopic (exact) mass is 415 g/mol. The van der Waals surface area contributed by atoms with Gasteiger partial charge in [0.15, 0.2) is 18.1 Å². The van der Waals surface area contributed by atoms with E-state index in [1.165, 1.54) is 7.11 Å². The Labute approximate surface area is 175 Å². The van der Waals surface area contributed by atoms with E-state index in [1.54, 1.807) is 50.4 Å². The Kier molecular flexibility index (Phi) is 8.68. The number of hydrogen-bond acceptors (Lipinski definition) is 7. The maximum Gasteiger partial charge on any atom is 0.340 e. The molecule has 160 valence electrons. The van der Waals surface area contributed by atoms with Crippen LogP contribution in [0.4, 0.5) is 5.69 Å². The van der Waals surface area contributed by atoms with Crippen molar-refractivity contribution in [1.29, 1.82) is 0 Å². The van der Waals surface area contributed by atoms with Crippen LogP contribution in [0.2, 0.25) is 0 Å². The molecule has 1 amide bonds. The average molecular weight is 415 g/mol. The van der Waals surface area contributed by atoms with Crippen molar-refractivity contribution in [2.45, 2.75) is 19.8 Å². The lowest BCUT2D eigenvalue weighted by molar-refractivity contribution is -0.147. The molecule has 8 heteroatoms. The largest absolute Gasteiger partial charge is 0.493 e. The maximum atomic E-state index is 12.1. The van der Waals surface area contributed by atoms with Crippen molar-refractivity contribution in [3.63, 3.8) is 0 Å². The van der Waals surface area contributed by atoms with Gasteiger partial charge in [0.25, 0.3) is 5.91 Å². The first-order valence-electron chi connectivity index (χ1n) is 9.41. The second-order valence-corrected chi connectivity index (χ2v) is 6.16. The van der Waals surface area contributed by atoms with E-state index in [0.29, 0.717) is 23.6 Å². The Bertz CT molecular complexity index is 895. The Hall–Kier alpha value is -3.55. The van der Waals surface area contributed by atoms with Crippen LogP contribution in [0.3, 0.4) is 0 Å². The van der Waals surface area contributed by atoms with Crippen molar-refractivity contribution < 1.29 is 33.3 Å². The number of ether oxygens (including phenoxy) is 4. The Morgan fingerprint density at radius 2 is 1.67 bits per heavy atom. The fourth-order valence-electron chi connectivity index (χ4n) is 2.67. The summed E-state index contributed by atoms with van der Waals surface area (Å²) in [5.41, 5.74) is 1.40. The van der Waals surface area contributed by atoms with Gasteiger partial charge in [0, 0.05) is 6.42 Å². The molecule has 8 nitrogen and oxygen atoms in total. The van der Waals surface area contributed by atoms with Gasteiger partial charge in [-0.3, -0.25) is 9.59 Å². The highest BCUT2D eigenvalue weighted by atomic mass is 16.5. The molecular weight excluding hydrogens is 390 g/mol. The predicted molar refractivity (Wildman–Crippen MR) is 110 cm³/mol. The van der Waals surface area contributed by atoms with Crippen LogP contribution < -0.4 is 14.8 Å². The van der Waals surface area contributed by atoms with E-state index in [2.05, 4.69) is 5.32 Å². The maximum absolute atomic E-state index is 12.1. The molecule has 0 fully saturated rings. The van der Waals surface area contributed by atoms with Crippen LogP contribution in [-0.2, 0) is 25.5 Å². The highest BCUT2D eigenvalue weighted by Gasteiger charge is 2.15. The van der Waals surface area contributed by atoms with Gasteiger partial charge in [-0.15, -0.1) is 0 Å². The number of amides is 1. The van der Waals surface area contributed by atoms with Crippen LogP contribution in [0, 0.1) is 0 Å². The molecule has 2 aromatic carbocycles. The highest BCUT2D eigenvalue weighted by molar-refractivity contribution is 6.01.